The third kappa shape index (κ3) is 2.74. The van der Waals surface area contributed by atoms with Gasteiger partial charge >= 0.3 is 0 Å². The highest BCUT2D eigenvalue weighted by Crippen LogP contribution is 2.26. The molecule has 1 saturated heterocycles. The number of hydrogen-bond acceptors (Lipinski definition) is 3. The van der Waals surface area contributed by atoms with Gasteiger partial charge in [0.15, 0.2) is 0 Å². The molecular formula is C12H16Cl2N2O3. The highest BCUT2D eigenvalue weighted by molar-refractivity contribution is 6.41. The molecule has 1 aliphatic rings. The summed E-state index contributed by atoms with van der Waals surface area (Å²) < 4.78 is 6.80. The van der Waals surface area contributed by atoms with Gasteiger partial charge in [-0.05, 0) is 13.0 Å². The van der Waals surface area contributed by atoms with Crippen LogP contribution in [0.5, 0.6) is 0 Å². The van der Waals surface area contributed by atoms with Crippen molar-refractivity contribution in [3.8, 4) is 0 Å². The number of nitrogens with zero attached hydrogens (tertiary/aromatic N) is 1. The third-order valence-corrected chi connectivity index (χ3v) is 4.41. The van der Waals surface area contributed by atoms with E-state index < -0.39 is 5.60 Å². The summed E-state index contributed by atoms with van der Waals surface area (Å²) in [6.07, 6.45) is 0.205. The highest BCUT2D eigenvalue weighted by Gasteiger charge is 2.39. The smallest absolute Gasteiger partial charge is 0.268 e. The molecule has 2 unspecified atom stereocenters. The Kier molecular flexibility index (Phi) is 4.11. The van der Waals surface area contributed by atoms with Crippen LogP contribution < -0.4 is 5.32 Å². The average Bonchev–Trinajstić information content (AvgIpc) is 2.83. The molecule has 1 aromatic heterocycles. The standard InChI is InChI=1S/C12H16Cl2N2O3/c1-7-12(18,3-4-19-7)6-15-11(17)9-5-8(13)10(14)16(9)2/h5,7,18H,3-4,6H2,1-2H3,(H,15,17). The number of aliphatic hydroxyl groups is 1. The van der Waals surface area contributed by atoms with Gasteiger partial charge < -0.3 is 19.7 Å². The van der Waals surface area contributed by atoms with Gasteiger partial charge in [0.1, 0.15) is 16.4 Å². The Morgan fingerprint density at radius 3 is 2.84 bits per heavy atom. The van der Waals surface area contributed by atoms with Crippen LogP contribution in [0.1, 0.15) is 23.8 Å². The Hall–Kier alpha value is -0.750. The summed E-state index contributed by atoms with van der Waals surface area (Å²) >= 11 is 11.8. The minimum atomic E-state index is -1.02. The van der Waals surface area contributed by atoms with E-state index in [-0.39, 0.29) is 18.6 Å². The molecule has 2 N–H and O–H groups in total. The number of nitrogens with one attached hydrogen (secondary N) is 1. The first-order chi connectivity index (χ1) is 8.85. The number of carbonyl (C=O) groups excluding carboxylic acids is 1. The Morgan fingerprint density at radius 2 is 2.37 bits per heavy atom. The van der Waals surface area contributed by atoms with Crippen molar-refractivity contribution in [3.63, 3.8) is 0 Å². The number of aromatic nitrogens is 1. The average molecular weight is 307 g/mol. The van der Waals surface area contributed by atoms with E-state index in [4.69, 9.17) is 27.9 Å². The molecule has 5 nitrogen and oxygen atoms in total. The summed E-state index contributed by atoms with van der Waals surface area (Å²) in [6, 6.07) is 1.50. The first kappa shape index (κ1) is 14.7. The zero-order valence-electron chi connectivity index (χ0n) is 10.7. The minimum absolute atomic E-state index is 0.132. The molecular weight excluding hydrogens is 291 g/mol. The van der Waals surface area contributed by atoms with Gasteiger partial charge in [0.25, 0.3) is 5.91 Å². The summed E-state index contributed by atoms with van der Waals surface area (Å²) in [5.41, 5.74) is -0.667. The topological polar surface area (TPSA) is 63.5 Å². The fourth-order valence-corrected chi connectivity index (χ4v) is 2.46. The predicted molar refractivity (Wildman–Crippen MR) is 72.7 cm³/mol. The van der Waals surface area contributed by atoms with Crippen LogP contribution in [-0.4, -0.2) is 40.4 Å². The van der Waals surface area contributed by atoms with Gasteiger partial charge in [0.2, 0.25) is 0 Å². The molecule has 0 aliphatic carbocycles. The maximum atomic E-state index is 12.0. The van der Waals surface area contributed by atoms with Crippen LogP contribution >= 0.6 is 23.2 Å². The van der Waals surface area contributed by atoms with E-state index in [2.05, 4.69) is 5.32 Å². The lowest BCUT2D eigenvalue weighted by Crippen LogP contribution is -2.47. The van der Waals surface area contributed by atoms with E-state index in [0.29, 0.717) is 28.9 Å². The van der Waals surface area contributed by atoms with E-state index in [1.807, 2.05) is 0 Å². The monoisotopic (exact) mass is 306 g/mol. The lowest BCUT2D eigenvalue weighted by atomic mass is 9.97. The second-order valence-electron chi connectivity index (χ2n) is 4.78. The molecule has 2 rings (SSSR count). The van der Waals surface area contributed by atoms with Crippen molar-refractivity contribution in [1.82, 2.24) is 9.88 Å². The summed E-state index contributed by atoms with van der Waals surface area (Å²) in [7, 11) is 1.65. The van der Waals surface area contributed by atoms with Gasteiger partial charge in [0, 0.05) is 26.6 Å². The molecule has 1 amide bonds. The quantitative estimate of drug-likeness (QED) is 0.891. The van der Waals surface area contributed by atoms with Crippen molar-refractivity contribution in [2.75, 3.05) is 13.2 Å². The number of halogens is 2. The molecule has 0 spiro atoms. The van der Waals surface area contributed by atoms with Gasteiger partial charge in [-0.3, -0.25) is 4.79 Å². The van der Waals surface area contributed by atoms with Crippen LogP contribution in [-0.2, 0) is 11.8 Å². The fraction of sp³-hybridized carbons (Fsp3) is 0.583. The Bertz CT molecular complexity index is 503. The molecule has 1 aliphatic heterocycles. The molecule has 2 atom stereocenters. The van der Waals surface area contributed by atoms with Crippen LogP contribution in [0.2, 0.25) is 10.2 Å². The zero-order valence-corrected chi connectivity index (χ0v) is 12.3. The second kappa shape index (κ2) is 5.32. The number of rotatable bonds is 3. The van der Waals surface area contributed by atoms with E-state index in [1.54, 1.807) is 14.0 Å². The predicted octanol–water partition coefficient (Wildman–Crippen LogP) is 1.60. The molecule has 2 heterocycles. The number of amides is 1. The molecule has 0 radical (unpaired) electrons. The Morgan fingerprint density at radius 1 is 1.68 bits per heavy atom. The third-order valence-electron chi connectivity index (χ3n) is 3.56. The molecule has 0 saturated carbocycles. The fourth-order valence-electron chi connectivity index (χ4n) is 2.09. The van der Waals surface area contributed by atoms with Crippen molar-refractivity contribution in [2.24, 2.45) is 7.05 Å². The van der Waals surface area contributed by atoms with E-state index in [9.17, 15) is 9.90 Å². The number of carbonyl (C=O) groups is 1. The molecule has 0 bridgehead atoms. The van der Waals surface area contributed by atoms with Gasteiger partial charge in [-0.1, -0.05) is 23.2 Å². The second-order valence-corrected chi connectivity index (χ2v) is 5.54. The van der Waals surface area contributed by atoms with Crippen molar-refractivity contribution in [2.45, 2.75) is 25.0 Å². The molecule has 1 fully saturated rings. The molecule has 0 aromatic carbocycles. The first-order valence-electron chi connectivity index (χ1n) is 5.98. The van der Waals surface area contributed by atoms with E-state index in [1.165, 1.54) is 10.6 Å². The largest absolute Gasteiger partial charge is 0.385 e. The Balaban J connectivity index is 2.04. The number of ether oxygens (including phenoxy) is 1. The number of hydrogen-bond donors (Lipinski definition) is 2. The maximum absolute atomic E-state index is 12.0. The van der Waals surface area contributed by atoms with Gasteiger partial charge in [-0.25, -0.2) is 0 Å². The zero-order chi connectivity index (χ0) is 14.2. The normalized spacial score (nSPS) is 26.7. The minimum Gasteiger partial charge on any atom is -0.385 e. The van der Waals surface area contributed by atoms with Crippen molar-refractivity contribution < 1.29 is 14.6 Å². The first-order valence-corrected chi connectivity index (χ1v) is 6.73. The molecule has 1 aromatic rings. The van der Waals surface area contributed by atoms with Crippen LogP contribution in [0.15, 0.2) is 6.07 Å². The maximum Gasteiger partial charge on any atom is 0.268 e. The van der Waals surface area contributed by atoms with E-state index >= 15 is 0 Å². The van der Waals surface area contributed by atoms with Crippen molar-refractivity contribution >= 4 is 29.1 Å². The molecule has 106 valence electrons. The lowest BCUT2D eigenvalue weighted by molar-refractivity contribution is -0.0252. The lowest BCUT2D eigenvalue weighted by Gasteiger charge is -2.26. The van der Waals surface area contributed by atoms with Crippen LogP contribution in [0.3, 0.4) is 0 Å². The molecule has 7 heteroatoms. The summed E-state index contributed by atoms with van der Waals surface area (Å²) in [5, 5.41) is 13.6. The van der Waals surface area contributed by atoms with Crippen LogP contribution in [0.4, 0.5) is 0 Å². The van der Waals surface area contributed by atoms with Crippen molar-refractivity contribution in [3.05, 3.63) is 21.9 Å². The van der Waals surface area contributed by atoms with E-state index in [0.717, 1.165) is 0 Å². The summed E-state index contributed by atoms with van der Waals surface area (Å²) in [4.78, 5) is 12.0. The Labute approximate surface area is 121 Å². The summed E-state index contributed by atoms with van der Waals surface area (Å²) in [5.74, 6) is -0.330. The van der Waals surface area contributed by atoms with Crippen molar-refractivity contribution in [1.29, 1.82) is 0 Å². The summed E-state index contributed by atoms with van der Waals surface area (Å²) in [6.45, 7) is 2.41. The van der Waals surface area contributed by atoms with Gasteiger partial charge in [-0.2, -0.15) is 0 Å². The highest BCUT2D eigenvalue weighted by atomic mass is 35.5. The van der Waals surface area contributed by atoms with Crippen LogP contribution in [0, 0.1) is 0 Å². The van der Waals surface area contributed by atoms with Gasteiger partial charge in [-0.15, -0.1) is 0 Å². The van der Waals surface area contributed by atoms with Crippen LogP contribution in [0.25, 0.3) is 0 Å². The van der Waals surface area contributed by atoms with Gasteiger partial charge in [0.05, 0.1) is 11.1 Å². The SMILES string of the molecule is CC1OCCC1(O)CNC(=O)c1cc(Cl)c(Cl)n1C. The molecule has 19 heavy (non-hydrogen) atoms.